The molecule has 0 amide bonds. The van der Waals surface area contributed by atoms with Crippen LogP contribution in [0.2, 0.25) is 0 Å². The molecule has 1 atom stereocenters. The third kappa shape index (κ3) is 2.71. The summed E-state index contributed by atoms with van der Waals surface area (Å²) in [5.74, 6) is 0.0361. The zero-order valence-corrected chi connectivity index (χ0v) is 10.2. The van der Waals surface area contributed by atoms with Crippen molar-refractivity contribution in [2.75, 3.05) is 19.7 Å². The first kappa shape index (κ1) is 12.6. The van der Waals surface area contributed by atoms with Gasteiger partial charge in [0.25, 0.3) is 0 Å². The van der Waals surface area contributed by atoms with Gasteiger partial charge in [-0.3, -0.25) is 9.69 Å². The summed E-state index contributed by atoms with van der Waals surface area (Å²) in [4.78, 5) is 12.8. The second-order valence-corrected chi connectivity index (χ2v) is 4.30. The van der Waals surface area contributed by atoms with Crippen molar-refractivity contribution in [3.05, 3.63) is 42.5 Å². The second-order valence-electron chi connectivity index (χ2n) is 4.30. The Kier molecular flexibility index (Phi) is 3.99. The Morgan fingerprint density at radius 2 is 2.33 bits per heavy atom. The van der Waals surface area contributed by atoms with Crippen molar-refractivity contribution < 1.29 is 14.6 Å². The Labute approximate surface area is 106 Å². The lowest BCUT2D eigenvalue weighted by Gasteiger charge is -2.34. The first-order chi connectivity index (χ1) is 8.72. The highest BCUT2D eigenvalue weighted by atomic mass is 16.5. The summed E-state index contributed by atoms with van der Waals surface area (Å²) in [5.41, 5.74) is 1.06. The van der Waals surface area contributed by atoms with Crippen molar-refractivity contribution >= 4 is 5.97 Å². The Balaban J connectivity index is 2.25. The van der Waals surface area contributed by atoms with Crippen LogP contribution in [-0.2, 0) is 4.79 Å². The van der Waals surface area contributed by atoms with Gasteiger partial charge >= 0.3 is 5.97 Å². The van der Waals surface area contributed by atoms with Crippen LogP contribution >= 0.6 is 0 Å². The number of hydrogen-bond donors (Lipinski definition) is 1. The molecule has 1 aliphatic heterocycles. The SMILES string of the molecule is C=CCN(CC(=O)O)C1CCOc2ccccc21. The summed E-state index contributed by atoms with van der Waals surface area (Å²) in [6.45, 7) is 4.89. The van der Waals surface area contributed by atoms with Crippen LogP contribution in [0.4, 0.5) is 0 Å². The molecule has 1 N–H and O–H groups in total. The number of ether oxygens (including phenoxy) is 1. The molecule has 1 aromatic rings. The largest absolute Gasteiger partial charge is 0.493 e. The molecule has 0 radical (unpaired) electrons. The van der Waals surface area contributed by atoms with Gasteiger partial charge in [-0.05, 0) is 6.07 Å². The van der Waals surface area contributed by atoms with Crippen molar-refractivity contribution in [2.45, 2.75) is 12.5 Å². The Morgan fingerprint density at radius 1 is 1.56 bits per heavy atom. The maximum Gasteiger partial charge on any atom is 0.317 e. The molecular formula is C14H17NO3. The molecule has 4 nitrogen and oxygen atoms in total. The number of para-hydroxylation sites is 1. The average Bonchev–Trinajstić information content (AvgIpc) is 2.37. The molecule has 1 aliphatic rings. The standard InChI is InChI=1S/C14H17NO3/c1-2-8-15(10-14(16)17)12-7-9-18-13-6-4-3-5-11(12)13/h2-6,12H,1,7-10H2,(H,16,17). The Hall–Kier alpha value is -1.81. The smallest absolute Gasteiger partial charge is 0.317 e. The molecule has 0 spiro atoms. The number of carboxylic acid groups (broad SMARTS) is 1. The first-order valence-corrected chi connectivity index (χ1v) is 6.01. The van der Waals surface area contributed by atoms with Crippen molar-refractivity contribution in [3.8, 4) is 5.75 Å². The quantitative estimate of drug-likeness (QED) is 0.809. The Morgan fingerprint density at radius 3 is 3.06 bits per heavy atom. The minimum absolute atomic E-state index is 0.0189. The van der Waals surface area contributed by atoms with Gasteiger partial charge in [0.2, 0.25) is 0 Å². The van der Waals surface area contributed by atoms with E-state index in [0.717, 1.165) is 17.7 Å². The fourth-order valence-electron chi connectivity index (χ4n) is 2.34. The van der Waals surface area contributed by atoms with E-state index >= 15 is 0 Å². The molecule has 1 unspecified atom stereocenters. The fraction of sp³-hybridized carbons (Fsp3) is 0.357. The van der Waals surface area contributed by atoms with E-state index in [1.807, 2.05) is 29.2 Å². The van der Waals surface area contributed by atoms with Crippen LogP contribution in [0, 0.1) is 0 Å². The van der Waals surface area contributed by atoms with Crippen LogP contribution < -0.4 is 4.74 Å². The van der Waals surface area contributed by atoms with E-state index in [9.17, 15) is 4.79 Å². The summed E-state index contributed by atoms with van der Waals surface area (Å²) >= 11 is 0. The average molecular weight is 247 g/mol. The molecule has 0 bridgehead atoms. The summed E-state index contributed by atoms with van der Waals surface area (Å²) in [6, 6.07) is 7.89. The van der Waals surface area contributed by atoms with Gasteiger partial charge in [-0.2, -0.15) is 0 Å². The fourth-order valence-corrected chi connectivity index (χ4v) is 2.34. The summed E-state index contributed by atoms with van der Waals surface area (Å²) in [6.07, 6.45) is 2.54. The summed E-state index contributed by atoms with van der Waals surface area (Å²) in [5, 5.41) is 8.98. The van der Waals surface area contributed by atoms with Crippen LogP contribution in [0.25, 0.3) is 0 Å². The van der Waals surface area contributed by atoms with Gasteiger partial charge in [0, 0.05) is 24.6 Å². The number of aliphatic carboxylic acids is 1. The number of carbonyl (C=O) groups is 1. The zero-order chi connectivity index (χ0) is 13.0. The number of rotatable bonds is 5. The molecule has 4 heteroatoms. The summed E-state index contributed by atoms with van der Waals surface area (Å²) < 4.78 is 5.59. The van der Waals surface area contributed by atoms with Gasteiger partial charge in [0.15, 0.2) is 0 Å². The van der Waals surface area contributed by atoms with E-state index in [2.05, 4.69) is 6.58 Å². The molecule has 1 heterocycles. The topological polar surface area (TPSA) is 49.8 Å². The highest BCUT2D eigenvalue weighted by Gasteiger charge is 2.27. The van der Waals surface area contributed by atoms with Gasteiger partial charge in [-0.25, -0.2) is 0 Å². The predicted octanol–water partition coefficient (Wildman–Crippen LogP) is 2.08. The lowest BCUT2D eigenvalue weighted by atomic mass is 9.99. The maximum atomic E-state index is 10.9. The predicted molar refractivity (Wildman–Crippen MR) is 68.7 cm³/mol. The van der Waals surface area contributed by atoms with Gasteiger partial charge in [0.1, 0.15) is 5.75 Å². The van der Waals surface area contributed by atoms with E-state index < -0.39 is 5.97 Å². The van der Waals surface area contributed by atoms with Gasteiger partial charge in [-0.1, -0.05) is 24.3 Å². The van der Waals surface area contributed by atoms with Gasteiger partial charge in [-0.15, -0.1) is 6.58 Å². The van der Waals surface area contributed by atoms with Gasteiger partial charge < -0.3 is 9.84 Å². The molecule has 0 fully saturated rings. The van der Waals surface area contributed by atoms with Crippen LogP contribution in [0.15, 0.2) is 36.9 Å². The van der Waals surface area contributed by atoms with Crippen LogP contribution in [0.3, 0.4) is 0 Å². The molecule has 0 saturated carbocycles. The molecule has 1 aromatic carbocycles. The summed E-state index contributed by atoms with van der Waals surface area (Å²) in [7, 11) is 0. The normalized spacial score (nSPS) is 17.9. The third-order valence-electron chi connectivity index (χ3n) is 3.07. The number of benzene rings is 1. The molecule has 2 rings (SSSR count). The van der Waals surface area contributed by atoms with E-state index in [0.29, 0.717) is 13.2 Å². The maximum absolute atomic E-state index is 10.9. The van der Waals surface area contributed by atoms with Crippen molar-refractivity contribution in [2.24, 2.45) is 0 Å². The van der Waals surface area contributed by atoms with E-state index in [1.54, 1.807) is 6.08 Å². The molecule has 0 saturated heterocycles. The van der Waals surface area contributed by atoms with Gasteiger partial charge in [0.05, 0.1) is 13.2 Å². The van der Waals surface area contributed by atoms with Crippen molar-refractivity contribution in [1.82, 2.24) is 4.90 Å². The van der Waals surface area contributed by atoms with Crippen LogP contribution in [-0.4, -0.2) is 35.7 Å². The minimum Gasteiger partial charge on any atom is -0.493 e. The minimum atomic E-state index is -0.819. The van der Waals surface area contributed by atoms with Crippen LogP contribution in [0.5, 0.6) is 5.75 Å². The number of hydrogen-bond acceptors (Lipinski definition) is 3. The monoisotopic (exact) mass is 247 g/mol. The van der Waals surface area contributed by atoms with Crippen molar-refractivity contribution in [3.63, 3.8) is 0 Å². The second kappa shape index (κ2) is 5.69. The number of carboxylic acids is 1. The molecule has 18 heavy (non-hydrogen) atoms. The highest BCUT2D eigenvalue weighted by Crippen LogP contribution is 2.35. The number of nitrogens with zero attached hydrogens (tertiary/aromatic N) is 1. The van der Waals surface area contributed by atoms with E-state index in [1.165, 1.54) is 0 Å². The van der Waals surface area contributed by atoms with Crippen molar-refractivity contribution in [1.29, 1.82) is 0 Å². The molecule has 0 aliphatic carbocycles. The molecular weight excluding hydrogens is 230 g/mol. The van der Waals surface area contributed by atoms with Crippen LogP contribution in [0.1, 0.15) is 18.0 Å². The highest BCUT2D eigenvalue weighted by molar-refractivity contribution is 5.69. The lowest BCUT2D eigenvalue weighted by Crippen LogP contribution is -2.36. The van der Waals surface area contributed by atoms with E-state index in [-0.39, 0.29) is 12.6 Å². The molecule has 96 valence electrons. The first-order valence-electron chi connectivity index (χ1n) is 6.01. The van der Waals surface area contributed by atoms with E-state index in [4.69, 9.17) is 9.84 Å². The lowest BCUT2D eigenvalue weighted by molar-refractivity contribution is -0.139. The Bertz CT molecular complexity index is 444. The molecule has 0 aromatic heterocycles. The third-order valence-corrected chi connectivity index (χ3v) is 3.07. The number of fused-ring (bicyclic) bond motifs is 1. The zero-order valence-electron chi connectivity index (χ0n) is 10.2.